The molecule has 2 unspecified atom stereocenters. The maximum Gasteiger partial charge on any atom is 0.120 e. The van der Waals surface area contributed by atoms with E-state index in [-0.39, 0.29) is 0 Å². The number of hydrogen-bond donors (Lipinski definition) is 1. The predicted molar refractivity (Wildman–Crippen MR) is 79.0 cm³/mol. The fourth-order valence-electron chi connectivity index (χ4n) is 2.65. The van der Waals surface area contributed by atoms with Crippen molar-refractivity contribution in [3.63, 3.8) is 0 Å². The van der Waals surface area contributed by atoms with Crippen molar-refractivity contribution in [3.05, 3.63) is 28.2 Å². The Morgan fingerprint density at radius 2 is 2.17 bits per heavy atom. The van der Waals surface area contributed by atoms with Crippen LogP contribution in [0.3, 0.4) is 0 Å². The number of rotatable bonds is 5. The van der Waals surface area contributed by atoms with Crippen LogP contribution in [0.15, 0.2) is 22.7 Å². The summed E-state index contributed by atoms with van der Waals surface area (Å²) < 4.78 is 6.39. The molecule has 1 N–H and O–H groups in total. The van der Waals surface area contributed by atoms with Crippen molar-refractivity contribution in [1.29, 1.82) is 0 Å². The average Bonchev–Trinajstić information content (AvgIpc) is 2.95. The van der Waals surface area contributed by atoms with E-state index in [1.165, 1.54) is 12.0 Å². The molecule has 100 valence electrons. The van der Waals surface area contributed by atoms with Gasteiger partial charge in [-0.25, -0.2) is 0 Å². The Bertz CT molecular complexity index is 431. The summed E-state index contributed by atoms with van der Waals surface area (Å²) in [6, 6.07) is 6.70. The Labute approximate surface area is 118 Å². The van der Waals surface area contributed by atoms with Crippen molar-refractivity contribution >= 4 is 15.9 Å². The van der Waals surface area contributed by atoms with Gasteiger partial charge in [0.2, 0.25) is 0 Å². The van der Waals surface area contributed by atoms with Gasteiger partial charge in [0.05, 0.1) is 7.11 Å². The van der Waals surface area contributed by atoms with Gasteiger partial charge in [0.15, 0.2) is 0 Å². The van der Waals surface area contributed by atoms with Gasteiger partial charge in [0, 0.05) is 10.5 Å². The van der Waals surface area contributed by atoms with E-state index in [4.69, 9.17) is 4.74 Å². The average molecular weight is 312 g/mol. The topological polar surface area (TPSA) is 21.3 Å². The van der Waals surface area contributed by atoms with Gasteiger partial charge in [-0.05, 0) is 42.0 Å². The molecule has 2 rings (SSSR count). The Morgan fingerprint density at radius 3 is 2.61 bits per heavy atom. The summed E-state index contributed by atoms with van der Waals surface area (Å²) >= 11 is 3.67. The molecule has 0 aliphatic heterocycles. The molecular formula is C15H22BrNO. The zero-order valence-electron chi connectivity index (χ0n) is 11.6. The molecule has 18 heavy (non-hydrogen) atoms. The summed E-state index contributed by atoms with van der Waals surface area (Å²) in [4.78, 5) is 0. The van der Waals surface area contributed by atoms with Gasteiger partial charge in [-0.15, -0.1) is 0 Å². The van der Waals surface area contributed by atoms with Crippen LogP contribution in [0, 0.1) is 11.3 Å². The van der Waals surface area contributed by atoms with Crippen LogP contribution in [0.1, 0.15) is 38.8 Å². The van der Waals surface area contributed by atoms with Crippen LogP contribution in [-0.2, 0) is 0 Å². The first kappa shape index (κ1) is 13.9. The maximum atomic E-state index is 5.26. The third kappa shape index (κ3) is 2.72. The Morgan fingerprint density at radius 1 is 1.50 bits per heavy atom. The Hall–Kier alpha value is -0.540. The molecule has 3 heteroatoms. The third-order valence-electron chi connectivity index (χ3n) is 3.96. The summed E-state index contributed by atoms with van der Waals surface area (Å²) in [6.07, 6.45) is 1.29. The lowest BCUT2D eigenvalue weighted by atomic mass is 9.97. The molecule has 1 fully saturated rings. The van der Waals surface area contributed by atoms with Gasteiger partial charge in [-0.3, -0.25) is 0 Å². The first-order valence-electron chi connectivity index (χ1n) is 6.56. The van der Waals surface area contributed by atoms with Crippen molar-refractivity contribution in [2.75, 3.05) is 13.7 Å². The van der Waals surface area contributed by atoms with Crippen molar-refractivity contribution < 1.29 is 4.74 Å². The van der Waals surface area contributed by atoms with E-state index in [0.29, 0.717) is 11.5 Å². The van der Waals surface area contributed by atoms with Crippen LogP contribution in [0.5, 0.6) is 5.75 Å². The lowest BCUT2D eigenvalue weighted by molar-refractivity contribution is 0.409. The summed E-state index contributed by atoms with van der Waals surface area (Å²) in [7, 11) is 1.70. The number of hydrogen-bond acceptors (Lipinski definition) is 2. The highest BCUT2D eigenvalue weighted by Gasteiger charge is 2.50. The highest BCUT2D eigenvalue weighted by atomic mass is 79.9. The first-order chi connectivity index (χ1) is 8.49. The molecule has 1 aromatic rings. The van der Waals surface area contributed by atoms with Gasteiger partial charge in [-0.2, -0.15) is 0 Å². The van der Waals surface area contributed by atoms with Gasteiger partial charge in [-0.1, -0.05) is 42.8 Å². The molecule has 0 bridgehead atoms. The fourth-order valence-corrected chi connectivity index (χ4v) is 3.26. The van der Waals surface area contributed by atoms with Gasteiger partial charge < -0.3 is 10.1 Å². The van der Waals surface area contributed by atoms with Gasteiger partial charge in [0.25, 0.3) is 0 Å². The van der Waals surface area contributed by atoms with E-state index >= 15 is 0 Å². The standard InChI is InChI=1S/C15H22BrNO/c1-5-17-14(12-9-15(12,2)3)11-7-6-10(18-4)8-13(11)16/h6-8,12,14,17H,5,9H2,1-4H3. The molecule has 1 aliphatic rings. The normalized spacial score (nSPS) is 22.6. The minimum Gasteiger partial charge on any atom is -0.497 e. The lowest BCUT2D eigenvalue weighted by Gasteiger charge is -2.22. The van der Waals surface area contributed by atoms with E-state index in [0.717, 1.165) is 22.7 Å². The SMILES string of the molecule is CCNC(c1ccc(OC)cc1Br)C1CC1(C)C. The number of ether oxygens (including phenoxy) is 1. The van der Waals surface area contributed by atoms with Crippen LogP contribution in [0.2, 0.25) is 0 Å². The van der Waals surface area contributed by atoms with Gasteiger partial charge in [0.1, 0.15) is 5.75 Å². The number of methoxy groups -OCH3 is 1. The van der Waals surface area contributed by atoms with Gasteiger partial charge >= 0.3 is 0 Å². The van der Waals surface area contributed by atoms with E-state index in [1.54, 1.807) is 7.11 Å². The lowest BCUT2D eigenvalue weighted by Crippen LogP contribution is -2.24. The van der Waals surface area contributed by atoms with Crippen LogP contribution in [0.25, 0.3) is 0 Å². The van der Waals surface area contributed by atoms with Crippen molar-refractivity contribution in [2.45, 2.75) is 33.2 Å². The largest absolute Gasteiger partial charge is 0.497 e. The Kier molecular flexibility index (Phi) is 4.02. The Balaban J connectivity index is 2.26. The number of nitrogens with one attached hydrogen (secondary N) is 1. The summed E-state index contributed by atoms with van der Waals surface area (Å²) in [5, 5.41) is 3.62. The second-order valence-corrected chi connectivity index (χ2v) is 6.58. The summed E-state index contributed by atoms with van der Waals surface area (Å²) in [5.74, 6) is 1.62. The molecule has 1 saturated carbocycles. The fraction of sp³-hybridized carbons (Fsp3) is 0.600. The molecular weight excluding hydrogens is 290 g/mol. The summed E-state index contributed by atoms with van der Waals surface area (Å²) in [6.45, 7) is 7.86. The third-order valence-corrected chi connectivity index (χ3v) is 4.65. The molecule has 0 radical (unpaired) electrons. The van der Waals surface area contributed by atoms with Crippen LogP contribution in [-0.4, -0.2) is 13.7 Å². The highest BCUT2D eigenvalue weighted by molar-refractivity contribution is 9.10. The van der Waals surface area contributed by atoms with E-state index < -0.39 is 0 Å². The van der Waals surface area contributed by atoms with Crippen LogP contribution >= 0.6 is 15.9 Å². The molecule has 1 aliphatic carbocycles. The highest BCUT2D eigenvalue weighted by Crippen LogP contribution is 2.58. The minimum atomic E-state index is 0.435. The number of benzene rings is 1. The second kappa shape index (κ2) is 5.22. The monoisotopic (exact) mass is 311 g/mol. The molecule has 2 nitrogen and oxygen atoms in total. The van der Waals surface area contributed by atoms with Crippen molar-refractivity contribution in [3.8, 4) is 5.75 Å². The molecule has 0 aromatic heterocycles. The zero-order chi connectivity index (χ0) is 13.3. The van der Waals surface area contributed by atoms with Crippen molar-refractivity contribution in [1.82, 2.24) is 5.32 Å². The molecule has 0 amide bonds. The molecule has 0 saturated heterocycles. The molecule has 0 heterocycles. The minimum absolute atomic E-state index is 0.435. The van der Waals surface area contributed by atoms with Crippen molar-refractivity contribution in [2.24, 2.45) is 11.3 Å². The molecule has 2 atom stereocenters. The molecule has 0 spiro atoms. The zero-order valence-corrected chi connectivity index (χ0v) is 13.2. The maximum absolute atomic E-state index is 5.26. The smallest absolute Gasteiger partial charge is 0.120 e. The van der Waals surface area contributed by atoms with E-state index in [9.17, 15) is 0 Å². The quantitative estimate of drug-likeness (QED) is 0.882. The van der Waals surface area contributed by atoms with E-state index in [1.807, 2.05) is 6.07 Å². The van der Waals surface area contributed by atoms with Crippen LogP contribution < -0.4 is 10.1 Å². The molecule has 1 aromatic carbocycles. The predicted octanol–water partition coefficient (Wildman–Crippen LogP) is 4.15. The second-order valence-electron chi connectivity index (χ2n) is 5.72. The van der Waals surface area contributed by atoms with Crippen LogP contribution in [0.4, 0.5) is 0 Å². The summed E-state index contributed by atoms with van der Waals surface area (Å²) in [5.41, 5.74) is 1.81. The number of halogens is 1. The first-order valence-corrected chi connectivity index (χ1v) is 7.35. The van der Waals surface area contributed by atoms with E-state index in [2.05, 4.69) is 54.2 Å².